The van der Waals surface area contributed by atoms with Crippen LogP contribution >= 0.6 is 15.9 Å². The van der Waals surface area contributed by atoms with Gasteiger partial charge in [-0.25, -0.2) is 0 Å². The molecular weight excluding hydrogens is 332 g/mol. The van der Waals surface area contributed by atoms with Gasteiger partial charge >= 0.3 is 0 Å². The molecule has 2 heterocycles. The Morgan fingerprint density at radius 1 is 1.33 bits per heavy atom. The lowest BCUT2D eigenvalue weighted by Gasteiger charge is -2.43. The fourth-order valence-electron chi connectivity index (χ4n) is 3.58. The van der Waals surface area contributed by atoms with Crippen LogP contribution in [0.4, 0.5) is 0 Å². The Hall–Kier alpha value is -0.420. The molecule has 0 bridgehead atoms. The van der Waals surface area contributed by atoms with E-state index >= 15 is 0 Å². The van der Waals surface area contributed by atoms with Crippen molar-refractivity contribution in [3.8, 4) is 0 Å². The van der Waals surface area contributed by atoms with Crippen molar-refractivity contribution in [1.29, 1.82) is 0 Å². The predicted octanol–water partition coefficient (Wildman–Crippen LogP) is 3.33. The first-order valence-electron chi connectivity index (χ1n) is 7.68. The number of hydrogen-bond acceptors (Lipinski definition) is 3. The summed E-state index contributed by atoms with van der Waals surface area (Å²) >= 11 is 3.45. The van der Waals surface area contributed by atoms with E-state index in [9.17, 15) is 5.11 Å². The highest BCUT2D eigenvalue weighted by Crippen LogP contribution is 2.41. The minimum Gasteiger partial charge on any atom is -0.390 e. The average Bonchev–Trinajstić information content (AvgIpc) is 2.89. The lowest BCUT2D eigenvalue weighted by molar-refractivity contribution is -0.138. The second-order valence-electron chi connectivity index (χ2n) is 6.68. The summed E-state index contributed by atoms with van der Waals surface area (Å²) < 4.78 is 12.6. The van der Waals surface area contributed by atoms with Crippen molar-refractivity contribution >= 4 is 15.9 Å². The molecule has 0 amide bonds. The minimum atomic E-state index is -0.701. The van der Waals surface area contributed by atoms with Crippen LogP contribution in [0.3, 0.4) is 0 Å². The fraction of sp³-hybridized carbons (Fsp3) is 0.647. The van der Waals surface area contributed by atoms with E-state index in [0.717, 1.165) is 36.9 Å². The summed E-state index contributed by atoms with van der Waals surface area (Å²) in [4.78, 5) is 0. The van der Waals surface area contributed by atoms with Crippen molar-refractivity contribution in [1.82, 2.24) is 0 Å². The van der Waals surface area contributed by atoms with Crippen LogP contribution in [-0.2, 0) is 15.9 Å². The summed E-state index contributed by atoms with van der Waals surface area (Å²) in [7, 11) is 0. The maximum absolute atomic E-state index is 11.0. The fourth-order valence-corrected chi connectivity index (χ4v) is 3.85. The van der Waals surface area contributed by atoms with Gasteiger partial charge in [-0.05, 0) is 43.4 Å². The Kier molecular flexibility index (Phi) is 4.42. The second-order valence-corrected chi connectivity index (χ2v) is 7.60. The maximum Gasteiger partial charge on any atom is 0.0940 e. The molecule has 1 spiro atoms. The molecule has 116 valence electrons. The second kappa shape index (κ2) is 5.99. The van der Waals surface area contributed by atoms with Gasteiger partial charge in [0.1, 0.15) is 0 Å². The van der Waals surface area contributed by atoms with Crippen molar-refractivity contribution in [3.63, 3.8) is 0 Å². The number of hydrogen-bond donors (Lipinski definition) is 1. The first-order valence-corrected chi connectivity index (χ1v) is 8.47. The third-order valence-electron chi connectivity index (χ3n) is 4.91. The van der Waals surface area contributed by atoms with Crippen LogP contribution in [0.25, 0.3) is 0 Å². The van der Waals surface area contributed by atoms with Crippen LogP contribution in [0.15, 0.2) is 28.7 Å². The molecule has 3 unspecified atom stereocenters. The molecule has 2 fully saturated rings. The molecule has 1 aromatic carbocycles. The van der Waals surface area contributed by atoms with E-state index in [1.807, 2.05) is 19.1 Å². The van der Waals surface area contributed by atoms with Gasteiger partial charge in [0.15, 0.2) is 0 Å². The van der Waals surface area contributed by atoms with E-state index in [2.05, 4.69) is 28.1 Å². The van der Waals surface area contributed by atoms with E-state index in [1.165, 1.54) is 5.56 Å². The van der Waals surface area contributed by atoms with Crippen LogP contribution in [0.1, 0.15) is 31.7 Å². The predicted molar refractivity (Wildman–Crippen MR) is 85.3 cm³/mol. The first kappa shape index (κ1) is 15.5. The summed E-state index contributed by atoms with van der Waals surface area (Å²) in [6, 6.07) is 8.21. The van der Waals surface area contributed by atoms with Crippen LogP contribution in [-0.4, -0.2) is 36.1 Å². The lowest BCUT2D eigenvalue weighted by Crippen LogP contribution is -2.48. The number of benzene rings is 1. The summed E-state index contributed by atoms with van der Waals surface area (Å²) in [5.41, 5.74) is 0.325. The molecule has 3 rings (SSSR count). The van der Waals surface area contributed by atoms with Crippen molar-refractivity contribution < 1.29 is 14.6 Å². The highest BCUT2D eigenvalue weighted by Gasteiger charge is 2.46. The van der Waals surface area contributed by atoms with Crippen LogP contribution in [0.5, 0.6) is 0 Å². The Morgan fingerprint density at radius 3 is 2.76 bits per heavy atom. The monoisotopic (exact) mass is 354 g/mol. The molecule has 1 aromatic rings. The standard InChI is InChI=1S/C17H23BrO3/c1-16(19,10-13-2-4-15(18)5-3-13)14-6-8-21-17(11-14)7-9-20-12-17/h2-5,14,19H,6-12H2,1H3. The molecule has 3 atom stereocenters. The molecule has 0 aliphatic carbocycles. The molecule has 4 heteroatoms. The highest BCUT2D eigenvalue weighted by molar-refractivity contribution is 9.10. The molecular formula is C17H23BrO3. The average molecular weight is 355 g/mol. The zero-order valence-corrected chi connectivity index (χ0v) is 14.1. The van der Waals surface area contributed by atoms with Gasteiger partial charge in [-0.15, -0.1) is 0 Å². The zero-order chi connectivity index (χ0) is 14.9. The lowest BCUT2D eigenvalue weighted by atomic mass is 9.74. The third-order valence-corrected chi connectivity index (χ3v) is 5.44. The molecule has 1 N–H and O–H groups in total. The van der Waals surface area contributed by atoms with Gasteiger partial charge in [0.25, 0.3) is 0 Å². The summed E-state index contributed by atoms with van der Waals surface area (Å²) in [5.74, 6) is 0.261. The van der Waals surface area contributed by atoms with E-state index < -0.39 is 5.60 Å². The normalized spacial score (nSPS) is 32.2. The number of rotatable bonds is 3. The number of halogens is 1. The zero-order valence-electron chi connectivity index (χ0n) is 12.5. The van der Waals surface area contributed by atoms with Crippen LogP contribution in [0, 0.1) is 5.92 Å². The van der Waals surface area contributed by atoms with E-state index in [-0.39, 0.29) is 11.5 Å². The third kappa shape index (κ3) is 3.50. The highest BCUT2D eigenvalue weighted by atomic mass is 79.9. The Morgan fingerprint density at radius 2 is 2.10 bits per heavy atom. The topological polar surface area (TPSA) is 38.7 Å². The van der Waals surface area contributed by atoms with Gasteiger partial charge in [-0.3, -0.25) is 0 Å². The SMILES string of the molecule is CC(O)(Cc1ccc(Br)cc1)C1CCOC2(CCOC2)C1. The largest absolute Gasteiger partial charge is 0.390 e. The van der Waals surface area contributed by atoms with Gasteiger partial charge in [0.2, 0.25) is 0 Å². The smallest absolute Gasteiger partial charge is 0.0940 e. The van der Waals surface area contributed by atoms with Gasteiger partial charge in [-0.2, -0.15) is 0 Å². The number of aliphatic hydroxyl groups is 1. The summed E-state index contributed by atoms with van der Waals surface area (Å²) in [5, 5.41) is 11.0. The molecule has 21 heavy (non-hydrogen) atoms. The van der Waals surface area contributed by atoms with Gasteiger partial charge < -0.3 is 14.6 Å². The summed E-state index contributed by atoms with van der Waals surface area (Å²) in [6.07, 6.45) is 3.46. The maximum atomic E-state index is 11.0. The van der Waals surface area contributed by atoms with E-state index in [0.29, 0.717) is 13.0 Å². The van der Waals surface area contributed by atoms with Gasteiger partial charge in [0, 0.05) is 30.5 Å². The molecule has 3 nitrogen and oxygen atoms in total. The van der Waals surface area contributed by atoms with Crippen LogP contribution in [0.2, 0.25) is 0 Å². The Bertz CT molecular complexity index is 477. The van der Waals surface area contributed by atoms with Crippen molar-refractivity contribution in [2.75, 3.05) is 19.8 Å². The molecule has 0 aromatic heterocycles. The van der Waals surface area contributed by atoms with Crippen molar-refractivity contribution in [3.05, 3.63) is 34.3 Å². The molecule has 2 aliphatic rings. The quantitative estimate of drug-likeness (QED) is 0.904. The van der Waals surface area contributed by atoms with E-state index in [4.69, 9.17) is 9.47 Å². The first-order chi connectivity index (χ1) is 9.99. The van der Waals surface area contributed by atoms with Gasteiger partial charge in [0.05, 0.1) is 17.8 Å². The summed E-state index contributed by atoms with van der Waals surface area (Å²) in [6.45, 7) is 4.15. The Labute approximate surface area is 134 Å². The Balaban J connectivity index is 1.70. The minimum absolute atomic E-state index is 0.146. The molecule has 2 aliphatic heterocycles. The van der Waals surface area contributed by atoms with Gasteiger partial charge in [-0.1, -0.05) is 28.1 Å². The molecule has 0 saturated carbocycles. The molecule has 0 radical (unpaired) electrons. The van der Waals surface area contributed by atoms with Crippen LogP contribution < -0.4 is 0 Å². The van der Waals surface area contributed by atoms with Crippen molar-refractivity contribution in [2.45, 2.75) is 43.8 Å². The molecule has 2 saturated heterocycles. The van der Waals surface area contributed by atoms with E-state index in [1.54, 1.807) is 0 Å². The van der Waals surface area contributed by atoms with Crippen molar-refractivity contribution in [2.24, 2.45) is 5.92 Å². The number of ether oxygens (including phenoxy) is 2.